The van der Waals surface area contributed by atoms with Crippen LogP contribution < -0.4 is 4.74 Å². The average molecular weight is 278 g/mol. The highest BCUT2D eigenvalue weighted by molar-refractivity contribution is 6.03. The number of carbonyl (C=O) groups excluding carboxylic acids is 1. The number of rotatable bonds is 2. The summed E-state index contributed by atoms with van der Waals surface area (Å²) in [5.41, 5.74) is 4.45. The van der Waals surface area contributed by atoms with E-state index in [0.29, 0.717) is 6.61 Å². The number of ether oxygens (including phenoxy) is 1. The average Bonchev–Trinajstić information content (AvgIpc) is 2.75. The van der Waals surface area contributed by atoms with Crippen LogP contribution in [0.1, 0.15) is 46.8 Å². The predicted molar refractivity (Wildman–Crippen MR) is 82.2 cm³/mol. The molecule has 0 saturated carbocycles. The lowest BCUT2D eigenvalue weighted by Gasteiger charge is -2.29. The molecule has 1 aliphatic heterocycles. The van der Waals surface area contributed by atoms with Crippen molar-refractivity contribution in [2.45, 2.75) is 31.6 Å². The topological polar surface area (TPSA) is 26.3 Å². The molecule has 1 aliphatic carbocycles. The van der Waals surface area contributed by atoms with Crippen molar-refractivity contribution in [2.24, 2.45) is 0 Å². The van der Waals surface area contributed by atoms with E-state index in [1.54, 1.807) is 0 Å². The van der Waals surface area contributed by atoms with Gasteiger partial charge in [0.25, 0.3) is 0 Å². The lowest BCUT2D eigenvalue weighted by Crippen LogP contribution is -2.25. The van der Waals surface area contributed by atoms with Crippen molar-refractivity contribution in [2.75, 3.05) is 6.61 Å². The smallest absolute Gasteiger partial charge is 0.170 e. The molecule has 21 heavy (non-hydrogen) atoms. The summed E-state index contributed by atoms with van der Waals surface area (Å²) in [4.78, 5) is 12.8. The molecule has 0 aromatic heterocycles. The van der Waals surface area contributed by atoms with E-state index in [9.17, 15) is 4.79 Å². The summed E-state index contributed by atoms with van der Waals surface area (Å²) >= 11 is 0. The van der Waals surface area contributed by atoms with Gasteiger partial charge in [0, 0.05) is 16.5 Å². The maximum atomic E-state index is 12.8. The SMILES string of the molecule is CC1(C)COc2ccc(C(=O)C3Cc4ccccc43)cc21. The number of Topliss-reactive ketones (excluding diaryl/α,β-unsaturated/α-hetero) is 1. The minimum absolute atomic E-state index is 0.0108. The van der Waals surface area contributed by atoms with Gasteiger partial charge < -0.3 is 4.74 Å². The summed E-state index contributed by atoms with van der Waals surface area (Å²) in [6.07, 6.45) is 0.867. The van der Waals surface area contributed by atoms with Crippen LogP contribution in [-0.2, 0) is 11.8 Å². The second-order valence-electron chi connectivity index (χ2n) is 6.70. The van der Waals surface area contributed by atoms with Crippen molar-refractivity contribution in [1.82, 2.24) is 0 Å². The van der Waals surface area contributed by atoms with Crippen LogP contribution in [0.15, 0.2) is 42.5 Å². The largest absolute Gasteiger partial charge is 0.492 e. The highest BCUT2D eigenvalue weighted by Gasteiger charge is 2.35. The van der Waals surface area contributed by atoms with E-state index in [4.69, 9.17) is 4.74 Å². The second-order valence-corrected chi connectivity index (χ2v) is 6.70. The zero-order valence-corrected chi connectivity index (χ0v) is 12.3. The number of hydrogen-bond acceptors (Lipinski definition) is 2. The van der Waals surface area contributed by atoms with Crippen LogP contribution in [0.5, 0.6) is 5.75 Å². The predicted octanol–water partition coefficient (Wildman–Crippen LogP) is 3.88. The van der Waals surface area contributed by atoms with E-state index in [-0.39, 0.29) is 17.1 Å². The van der Waals surface area contributed by atoms with E-state index in [2.05, 4.69) is 26.0 Å². The highest BCUT2D eigenvalue weighted by atomic mass is 16.5. The third-order valence-corrected chi connectivity index (χ3v) is 4.75. The van der Waals surface area contributed by atoms with Gasteiger partial charge in [-0.25, -0.2) is 0 Å². The zero-order valence-electron chi connectivity index (χ0n) is 12.3. The van der Waals surface area contributed by atoms with Gasteiger partial charge in [-0.05, 0) is 35.7 Å². The van der Waals surface area contributed by atoms with Crippen LogP contribution in [0, 0.1) is 0 Å². The van der Waals surface area contributed by atoms with Gasteiger partial charge in [-0.3, -0.25) is 4.79 Å². The van der Waals surface area contributed by atoms with Gasteiger partial charge in [-0.2, -0.15) is 0 Å². The summed E-state index contributed by atoms with van der Waals surface area (Å²) in [6, 6.07) is 14.1. The Kier molecular flexibility index (Phi) is 2.53. The Morgan fingerprint density at radius 1 is 1.19 bits per heavy atom. The first kappa shape index (κ1) is 12.6. The van der Waals surface area contributed by atoms with E-state index in [0.717, 1.165) is 23.3 Å². The van der Waals surface area contributed by atoms with Gasteiger partial charge in [0.15, 0.2) is 5.78 Å². The molecular weight excluding hydrogens is 260 g/mol. The monoisotopic (exact) mass is 278 g/mol. The second kappa shape index (κ2) is 4.20. The standard InChI is InChI=1S/C19H18O2/c1-19(2)11-21-17-8-7-13(10-16(17)19)18(20)15-9-12-5-3-4-6-14(12)15/h3-8,10,15H,9,11H2,1-2H3. The third-order valence-electron chi connectivity index (χ3n) is 4.75. The fourth-order valence-electron chi connectivity index (χ4n) is 3.37. The Morgan fingerprint density at radius 2 is 2.00 bits per heavy atom. The maximum Gasteiger partial charge on any atom is 0.170 e. The van der Waals surface area contributed by atoms with Crippen molar-refractivity contribution in [3.05, 3.63) is 64.7 Å². The first-order chi connectivity index (χ1) is 10.1. The number of benzene rings is 2. The molecule has 2 aliphatic rings. The van der Waals surface area contributed by atoms with Crippen molar-refractivity contribution < 1.29 is 9.53 Å². The van der Waals surface area contributed by atoms with Crippen LogP contribution in [0.2, 0.25) is 0 Å². The minimum atomic E-state index is -0.0108. The lowest BCUT2D eigenvalue weighted by molar-refractivity contribution is 0.0949. The van der Waals surface area contributed by atoms with Crippen molar-refractivity contribution in [3.8, 4) is 5.75 Å². The Hall–Kier alpha value is -2.09. The molecule has 0 bridgehead atoms. The van der Waals surface area contributed by atoms with Gasteiger partial charge in [-0.15, -0.1) is 0 Å². The van der Waals surface area contributed by atoms with E-state index in [1.165, 1.54) is 11.1 Å². The molecule has 0 N–H and O–H groups in total. The molecule has 106 valence electrons. The lowest BCUT2D eigenvalue weighted by atomic mass is 9.73. The van der Waals surface area contributed by atoms with Crippen LogP contribution in [0.25, 0.3) is 0 Å². The van der Waals surface area contributed by atoms with Crippen LogP contribution in [0.3, 0.4) is 0 Å². The summed E-state index contributed by atoms with van der Waals surface area (Å²) in [6.45, 7) is 5.00. The first-order valence-electron chi connectivity index (χ1n) is 7.46. The number of hydrogen-bond donors (Lipinski definition) is 0. The van der Waals surface area contributed by atoms with Crippen LogP contribution in [-0.4, -0.2) is 12.4 Å². The summed E-state index contributed by atoms with van der Waals surface area (Å²) < 4.78 is 5.69. The molecule has 2 aromatic rings. The van der Waals surface area contributed by atoms with Gasteiger partial charge in [0.2, 0.25) is 0 Å². The molecule has 1 atom stereocenters. The molecule has 2 heteroatoms. The molecule has 0 radical (unpaired) electrons. The van der Waals surface area contributed by atoms with Gasteiger partial charge >= 0.3 is 0 Å². The van der Waals surface area contributed by atoms with Gasteiger partial charge in [0.1, 0.15) is 5.75 Å². The number of carbonyl (C=O) groups is 1. The molecule has 2 nitrogen and oxygen atoms in total. The zero-order chi connectivity index (χ0) is 14.6. The fourth-order valence-corrected chi connectivity index (χ4v) is 3.37. The molecule has 4 rings (SSSR count). The molecule has 0 fully saturated rings. The van der Waals surface area contributed by atoms with Crippen molar-refractivity contribution in [1.29, 1.82) is 0 Å². The molecule has 1 unspecified atom stereocenters. The summed E-state index contributed by atoms with van der Waals surface area (Å²) in [5.74, 6) is 1.19. The summed E-state index contributed by atoms with van der Waals surface area (Å²) in [7, 11) is 0. The van der Waals surface area contributed by atoms with Crippen molar-refractivity contribution >= 4 is 5.78 Å². The quantitative estimate of drug-likeness (QED) is 0.779. The van der Waals surface area contributed by atoms with Gasteiger partial charge in [-0.1, -0.05) is 38.1 Å². The Morgan fingerprint density at radius 3 is 2.81 bits per heavy atom. The Bertz CT molecular complexity index is 743. The van der Waals surface area contributed by atoms with Crippen LogP contribution >= 0.6 is 0 Å². The molecular formula is C19H18O2. The molecule has 0 saturated heterocycles. The van der Waals surface area contributed by atoms with E-state index >= 15 is 0 Å². The minimum Gasteiger partial charge on any atom is -0.492 e. The maximum absolute atomic E-state index is 12.8. The molecule has 0 amide bonds. The molecule has 1 heterocycles. The Balaban J connectivity index is 1.68. The Labute approximate surface area is 124 Å². The normalized spacial score (nSPS) is 21.0. The first-order valence-corrected chi connectivity index (χ1v) is 7.46. The third kappa shape index (κ3) is 1.82. The number of fused-ring (bicyclic) bond motifs is 2. The van der Waals surface area contributed by atoms with Crippen molar-refractivity contribution in [3.63, 3.8) is 0 Å². The fraction of sp³-hybridized carbons (Fsp3) is 0.316. The van der Waals surface area contributed by atoms with E-state index < -0.39 is 0 Å². The van der Waals surface area contributed by atoms with Crippen LogP contribution in [0.4, 0.5) is 0 Å². The van der Waals surface area contributed by atoms with E-state index in [1.807, 2.05) is 30.3 Å². The molecule has 0 spiro atoms. The molecule has 2 aromatic carbocycles. The van der Waals surface area contributed by atoms with Gasteiger partial charge in [0.05, 0.1) is 12.5 Å². The number of ketones is 1. The highest BCUT2D eigenvalue weighted by Crippen LogP contribution is 2.41. The summed E-state index contributed by atoms with van der Waals surface area (Å²) in [5, 5.41) is 0.